The minimum Gasteiger partial charge on any atom is -0.491 e. The Kier molecular flexibility index (Phi) is 6.19. The van der Waals surface area contributed by atoms with Gasteiger partial charge >= 0.3 is 0 Å². The summed E-state index contributed by atoms with van der Waals surface area (Å²) in [5.41, 5.74) is 7.61. The second-order valence-corrected chi connectivity index (χ2v) is 4.94. The topological polar surface area (TPSA) is 64.3 Å². The fraction of sp³-hybridized carbons (Fsp3) is 0.533. The van der Waals surface area contributed by atoms with Gasteiger partial charge < -0.3 is 15.8 Å². The summed E-state index contributed by atoms with van der Waals surface area (Å²) >= 11 is 0. The molecule has 0 radical (unpaired) electrons. The minimum absolute atomic E-state index is 0.0693. The average Bonchev–Trinajstić information content (AvgIpc) is 2.34. The van der Waals surface area contributed by atoms with Crippen LogP contribution in [0, 0.1) is 0 Å². The van der Waals surface area contributed by atoms with E-state index in [0.717, 1.165) is 17.7 Å². The van der Waals surface area contributed by atoms with Crippen molar-refractivity contribution in [2.24, 2.45) is 0 Å². The fourth-order valence-corrected chi connectivity index (χ4v) is 1.75. The highest BCUT2D eigenvalue weighted by atomic mass is 16.5. The number of rotatable bonds is 7. The molecule has 0 saturated heterocycles. The lowest BCUT2D eigenvalue weighted by molar-refractivity contribution is -0.121. The van der Waals surface area contributed by atoms with Gasteiger partial charge in [0.2, 0.25) is 5.91 Å². The maximum absolute atomic E-state index is 11.6. The van der Waals surface area contributed by atoms with E-state index in [-0.39, 0.29) is 11.9 Å². The highest BCUT2D eigenvalue weighted by Gasteiger charge is 2.06. The Balaban J connectivity index is 2.51. The van der Waals surface area contributed by atoms with E-state index in [0.29, 0.717) is 25.1 Å². The van der Waals surface area contributed by atoms with Crippen molar-refractivity contribution >= 4 is 11.6 Å². The smallest absolute Gasteiger partial charge is 0.220 e. The predicted molar refractivity (Wildman–Crippen MR) is 78.2 cm³/mol. The molecule has 0 aromatic heterocycles. The summed E-state index contributed by atoms with van der Waals surface area (Å²) in [4.78, 5) is 11.6. The fourth-order valence-electron chi connectivity index (χ4n) is 1.75. The zero-order chi connectivity index (χ0) is 14.3. The Bertz CT molecular complexity index is 417. The van der Waals surface area contributed by atoms with Crippen LogP contribution in [-0.4, -0.2) is 18.6 Å². The van der Waals surface area contributed by atoms with E-state index in [4.69, 9.17) is 10.5 Å². The summed E-state index contributed by atoms with van der Waals surface area (Å²) in [6, 6.07) is 5.90. The number of nitrogen functional groups attached to an aromatic ring is 1. The van der Waals surface area contributed by atoms with Gasteiger partial charge in [-0.1, -0.05) is 13.0 Å². The maximum Gasteiger partial charge on any atom is 0.220 e. The van der Waals surface area contributed by atoms with Crippen molar-refractivity contribution in [1.82, 2.24) is 5.32 Å². The summed E-state index contributed by atoms with van der Waals surface area (Å²) in [6.07, 6.45) is 2.13. The SMILES string of the molecule is CCCOc1ccc(CCC(=O)NC(C)C)cc1N. The van der Waals surface area contributed by atoms with Gasteiger partial charge in [0.25, 0.3) is 0 Å². The molecule has 4 heteroatoms. The van der Waals surface area contributed by atoms with E-state index in [1.54, 1.807) is 0 Å². The Hall–Kier alpha value is -1.71. The molecule has 1 rings (SSSR count). The molecule has 106 valence electrons. The van der Waals surface area contributed by atoms with Gasteiger partial charge in [0.1, 0.15) is 5.75 Å². The van der Waals surface area contributed by atoms with Crippen molar-refractivity contribution in [2.75, 3.05) is 12.3 Å². The standard InChI is InChI=1S/C15H24N2O2/c1-4-9-19-14-7-5-12(10-13(14)16)6-8-15(18)17-11(2)3/h5,7,10-11H,4,6,8-9,16H2,1-3H3,(H,17,18). The van der Waals surface area contributed by atoms with Crippen LogP contribution in [0.1, 0.15) is 39.2 Å². The molecule has 0 aliphatic heterocycles. The normalized spacial score (nSPS) is 10.5. The molecule has 1 aromatic carbocycles. The van der Waals surface area contributed by atoms with Crippen LogP contribution < -0.4 is 15.8 Å². The molecule has 0 spiro atoms. The maximum atomic E-state index is 11.6. The van der Waals surface area contributed by atoms with Crippen molar-refractivity contribution in [3.05, 3.63) is 23.8 Å². The number of carbonyl (C=O) groups excluding carboxylic acids is 1. The Morgan fingerprint density at radius 1 is 1.42 bits per heavy atom. The summed E-state index contributed by atoms with van der Waals surface area (Å²) in [5, 5.41) is 2.87. The number of carbonyl (C=O) groups is 1. The number of hydrogen-bond acceptors (Lipinski definition) is 3. The molecule has 0 fully saturated rings. The number of nitrogens with one attached hydrogen (secondary N) is 1. The zero-order valence-corrected chi connectivity index (χ0v) is 12.0. The third-order valence-corrected chi connectivity index (χ3v) is 2.63. The number of hydrogen-bond donors (Lipinski definition) is 2. The lowest BCUT2D eigenvalue weighted by Crippen LogP contribution is -2.30. The monoisotopic (exact) mass is 264 g/mol. The zero-order valence-electron chi connectivity index (χ0n) is 12.0. The second-order valence-electron chi connectivity index (χ2n) is 4.94. The summed E-state index contributed by atoms with van der Waals surface area (Å²) < 4.78 is 5.51. The van der Waals surface area contributed by atoms with Crippen LogP contribution in [0.5, 0.6) is 5.75 Å². The third-order valence-electron chi connectivity index (χ3n) is 2.63. The third kappa shape index (κ3) is 5.64. The van der Waals surface area contributed by atoms with E-state index in [9.17, 15) is 4.79 Å². The van der Waals surface area contributed by atoms with Crippen LogP contribution in [0.4, 0.5) is 5.69 Å². The molecule has 0 atom stereocenters. The van der Waals surface area contributed by atoms with Crippen LogP contribution >= 0.6 is 0 Å². The molecule has 0 aliphatic rings. The molecule has 4 nitrogen and oxygen atoms in total. The predicted octanol–water partition coefficient (Wildman–Crippen LogP) is 2.51. The van der Waals surface area contributed by atoms with Gasteiger partial charge in [-0.05, 0) is 44.4 Å². The molecule has 1 amide bonds. The van der Waals surface area contributed by atoms with Crippen LogP contribution in [-0.2, 0) is 11.2 Å². The van der Waals surface area contributed by atoms with E-state index in [2.05, 4.69) is 12.2 Å². The van der Waals surface area contributed by atoms with Gasteiger partial charge in [0.15, 0.2) is 0 Å². The first-order chi connectivity index (χ1) is 9.02. The van der Waals surface area contributed by atoms with Crippen LogP contribution in [0.2, 0.25) is 0 Å². The summed E-state index contributed by atoms with van der Waals surface area (Å²) in [7, 11) is 0. The van der Waals surface area contributed by atoms with Crippen LogP contribution in [0.15, 0.2) is 18.2 Å². The summed E-state index contributed by atoms with van der Waals surface area (Å²) in [5.74, 6) is 0.789. The highest BCUT2D eigenvalue weighted by Crippen LogP contribution is 2.23. The largest absolute Gasteiger partial charge is 0.491 e. The van der Waals surface area contributed by atoms with Crippen molar-refractivity contribution in [2.45, 2.75) is 46.1 Å². The van der Waals surface area contributed by atoms with Gasteiger partial charge in [-0.3, -0.25) is 4.79 Å². The number of benzene rings is 1. The first-order valence-electron chi connectivity index (χ1n) is 6.83. The van der Waals surface area contributed by atoms with Crippen molar-refractivity contribution < 1.29 is 9.53 Å². The van der Waals surface area contributed by atoms with Crippen LogP contribution in [0.25, 0.3) is 0 Å². The van der Waals surface area contributed by atoms with E-state index in [1.165, 1.54) is 0 Å². The lowest BCUT2D eigenvalue weighted by Gasteiger charge is -2.10. The number of amides is 1. The molecule has 0 aliphatic carbocycles. The van der Waals surface area contributed by atoms with E-state index >= 15 is 0 Å². The van der Waals surface area contributed by atoms with Crippen molar-refractivity contribution in [3.8, 4) is 5.75 Å². The number of nitrogens with two attached hydrogens (primary N) is 1. The van der Waals surface area contributed by atoms with E-state index in [1.807, 2.05) is 32.0 Å². The Labute approximate surface area is 115 Å². The number of ether oxygens (including phenoxy) is 1. The van der Waals surface area contributed by atoms with Crippen LogP contribution in [0.3, 0.4) is 0 Å². The van der Waals surface area contributed by atoms with Crippen molar-refractivity contribution in [1.29, 1.82) is 0 Å². The molecular weight excluding hydrogens is 240 g/mol. The van der Waals surface area contributed by atoms with Crippen molar-refractivity contribution in [3.63, 3.8) is 0 Å². The Morgan fingerprint density at radius 2 is 2.16 bits per heavy atom. The molecule has 0 bridgehead atoms. The summed E-state index contributed by atoms with van der Waals surface area (Å²) in [6.45, 7) is 6.63. The molecule has 0 unspecified atom stereocenters. The van der Waals surface area contributed by atoms with Gasteiger partial charge in [0.05, 0.1) is 12.3 Å². The van der Waals surface area contributed by atoms with E-state index < -0.39 is 0 Å². The molecule has 0 heterocycles. The molecule has 3 N–H and O–H groups in total. The number of aryl methyl sites for hydroxylation is 1. The van der Waals surface area contributed by atoms with Gasteiger partial charge in [-0.2, -0.15) is 0 Å². The average molecular weight is 264 g/mol. The first kappa shape index (κ1) is 15.3. The van der Waals surface area contributed by atoms with Gasteiger partial charge in [-0.25, -0.2) is 0 Å². The molecule has 19 heavy (non-hydrogen) atoms. The Morgan fingerprint density at radius 3 is 2.74 bits per heavy atom. The molecule has 0 saturated carbocycles. The highest BCUT2D eigenvalue weighted by molar-refractivity contribution is 5.76. The second kappa shape index (κ2) is 7.67. The lowest BCUT2D eigenvalue weighted by atomic mass is 10.1. The molecular formula is C15H24N2O2. The number of anilines is 1. The van der Waals surface area contributed by atoms with Gasteiger partial charge in [0, 0.05) is 12.5 Å². The molecule has 1 aromatic rings. The first-order valence-corrected chi connectivity index (χ1v) is 6.83. The quantitative estimate of drug-likeness (QED) is 0.744. The van der Waals surface area contributed by atoms with Gasteiger partial charge in [-0.15, -0.1) is 0 Å². The minimum atomic E-state index is 0.0693.